The predicted octanol–water partition coefficient (Wildman–Crippen LogP) is 6.79. The van der Waals surface area contributed by atoms with Gasteiger partial charge >= 0.3 is 0 Å². The lowest BCUT2D eigenvalue weighted by Crippen LogP contribution is -2.00. The van der Waals surface area contributed by atoms with Crippen molar-refractivity contribution in [1.82, 2.24) is 20.2 Å². The molecule has 38 heavy (non-hydrogen) atoms. The average Bonchev–Trinajstić information content (AvgIpc) is 2.98. The SMILES string of the molecule is COc1ccc2c(Oc3ccc(Nc4nnc(-c5cccc(OC)n5)c5ccccc45)cc3)ccnc2c1. The number of benzene rings is 3. The quantitative estimate of drug-likeness (QED) is 0.256. The van der Waals surface area contributed by atoms with Gasteiger partial charge in [-0.25, -0.2) is 4.98 Å². The minimum Gasteiger partial charge on any atom is -0.497 e. The molecule has 186 valence electrons. The summed E-state index contributed by atoms with van der Waals surface area (Å²) in [6, 6.07) is 28.8. The molecule has 0 aliphatic carbocycles. The molecule has 8 heteroatoms. The van der Waals surface area contributed by atoms with Gasteiger partial charge in [-0.3, -0.25) is 4.98 Å². The third-order valence-electron chi connectivity index (χ3n) is 6.12. The van der Waals surface area contributed by atoms with Crippen LogP contribution in [0.2, 0.25) is 0 Å². The topological polar surface area (TPSA) is 91.3 Å². The van der Waals surface area contributed by atoms with Gasteiger partial charge in [0, 0.05) is 40.2 Å². The van der Waals surface area contributed by atoms with Gasteiger partial charge in [0.15, 0.2) is 5.82 Å². The molecular formula is C30H23N5O3. The first-order chi connectivity index (χ1) is 18.7. The van der Waals surface area contributed by atoms with Gasteiger partial charge in [0.1, 0.15) is 22.9 Å². The number of pyridine rings is 2. The molecule has 1 N–H and O–H groups in total. The van der Waals surface area contributed by atoms with Crippen LogP contribution in [-0.4, -0.2) is 34.4 Å². The maximum Gasteiger partial charge on any atom is 0.213 e. The smallest absolute Gasteiger partial charge is 0.213 e. The highest BCUT2D eigenvalue weighted by Crippen LogP contribution is 2.33. The van der Waals surface area contributed by atoms with Gasteiger partial charge in [-0.05, 0) is 48.5 Å². The van der Waals surface area contributed by atoms with Crippen LogP contribution >= 0.6 is 0 Å². The lowest BCUT2D eigenvalue weighted by Gasteiger charge is -2.12. The van der Waals surface area contributed by atoms with E-state index in [9.17, 15) is 0 Å². The Morgan fingerprint density at radius 3 is 2.32 bits per heavy atom. The van der Waals surface area contributed by atoms with E-state index >= 15 is 0 Å². The fraction of sp³-hybridized carbons (Fsp3) is 0.0667. The standard InChI is InChI=1S/C30H23N5O3/c1-36-21-14-15-24-26(18-21)31-17-16-27(24)38-20-12-10-19(11-13-20)32-30-23-7-4-3-6-22(23)29(34-35-30)25-8-5-9-28(33-25)37-2/h3-18H,1-2H3,(H,32,35). The van der Waals surface area contributed by atoms with Crippen LogP contribution in [0.3, 0.4) is 0 Å². The van der Waals surface area contributed by atoms with Crippen molar-refractivity contribution >= 4 is 33.2 Å². The van der Waals surface area contributed by atoms with Crippen molar-refractivity contribution in [1.29, 1.82) is 0 Å². The fourth-order valence-electron chi connectivity index (χ4n) is 4.23. The first-order valence-electron chi connectivity index (χ1n) is 12.0. The molecule has 0 saturated carbocycles. The van der Waals surface area contributed by atoms with Crippen molar-refractivity contribution in [2.75, 3.05) is 19.5 Å². The Kier molecular flexibility index (Phi) is 6.11. The molecule has 0 radical (unpaired) electrons. The summed E-state index contributed by atoms with van der Waals surface area (Å²) in [5.74, 6) is 3.35. The van der Waals surface area contributed by atoms with Gasteiger partial charge in [0.05, 0.1) is 25.4 Å². The number of anilines is 2. The van der Waals surface area contributed by atoms with Gasteiger partial charge in [-0.15, -0.1) is 10.2 Å². The largest absolute Gasteiger partial charge is 0.497 e. The summed E-state index contributed by atoms with van der Waals surface area (Å²) in [6.45, 7) is 0. The van der Waals surface area contributed by atoms with Crippen molar-refractivity contribution < 1.29 is 14.2 Å². The molecule has 0 aliphatic rings. The Labute approximate surface area is 218 Å². The zero-order chi connectivity index (χ0) is 25.9. The second kappa shape index (κ2) is 10.0. The Morgan fingerprint density at radius 2 is 1.50 bits per heavy atom. The summed E-state index contributed by atoms with van der Waals surface area (Å²) in [4.78, 5) is 8.95. The number of fused-ring (bicyclic) bond motifs is 2. The average molecular weight is 502 g/mol. The number of ether oxygens (including phenoxy) is 3. The molecule has 0 amide bonds. The van der Waals surface area contributed by atoms with Crippen molar-refractivity contribution in [2.45, 2.75) is 0 Å². The Bertz CT molecular complexity index is 1760. The van der Waals surface area contributed by atoms with Crippen LogP contribution in [0.1, 0.15) is 0 Å². The third-order valence-corrected chi connectivity index (χ3v) is 6.12. The molecule has 0 unspecified atom stereocenters. The first kappa shape index (κ1) is 23.2. The summed E-state index contributed by atoms with van der Waals surface area (Å²) >= 11 is 0. The number of aromatic nitrogens is 4. The molecule has 6 rings (SSSR count). The second-order valence-electron chi connectivity index (χ2n) is 8.45. The minimum absolute atomic E-state index is 0.525. The number of nitrogens with one attached hydrogen (secondary N) is 1. The Morgan fingerprint density at radius 1 is 0.684 bits per heavy atom. The highest BCUT2D eigenvalue weighted by molar-refractivity contribution is 6.00. The molecule has 0 bridgehead atoms. The van der Waals surface area contributed by atoms with Crippen LogP contribution in [0.4, 0.5) is 11.5 Å². The summed E-state index contributed by atoms with van der Waals surface area (Å²) < 4.78 is 16.8. The molecule has 0 atom stereocenters. The van der Waals surface area contributed by atoms with Crippen LogP contribution in [0.5, 0.6) is 23.1 Å². The first-order valence-corrected chi connectivity index (χ1v) is 12.0. The van der Waals surface area contributed by atoms with Crippen LogP contribution in [0.15, 0.2) is 97.2 Å². The van der Waals surface area contributed by atoms with Crippen LogP contribution in [0, 0.1) is 0 Å². The van der Waals surface area contributed by atoms with Crippen molar-refractivity contribution in [3.63, 3.8) is 0 Å². The van der Waals surface area contributed by atoms with Crippen molar-refractivity contribution in [3.05, 3.63) is 97.2 Å². The molecule has 0 spiro atoms. The second-order valence-corrected chi connectivity index (χ2v) is 8.45. The van der Waals surface area contributed by atoms with Crippen molar-refractivity contribution in [2.24, 2.45) is 0 Å². The van der Waals surface area contributed by atoms with E-state index in [1.807, 2.05) is 84.9 Å². The summed E-state index contributed by atoms with van der Waals surface area (Å²) in [5.41, 5.74) is 3.05. The van der Waals surface area contributed by atoms with Gasteiger partial charge in [0.2, 0.25) is 5.88 Å². The molecular weight excluding hydrogens is 478 g/mol. The van der Waals surface area contributed by atoms with Gasteiger partial charge in [0.25, 0.3) is 0 Å². The molecule has 0 saturated heterocycles. The fourth-order valence-corrected chi connectivity index (χ4v) is 4.23. The minimum atomic E-state index is 0.525. The van der Waals surface area contributed by atoms with Crippen LogP contribution in [-0.2, 0) is 0 Å². The van der Waals surface area contributed by atoms with E-state index in [0.717, 1.165) is 38.9 Å². The predicted molar refractivity (Wildman–Crippen MR) is 147 cm³/mol. The van der Waals surface area contributed by atoms with E-state index in [4.69, 9.17) is 14.2 Å². The number of methoxy groups -OCH3 is 2. The molecule has 3 aromatic carbocycles. The number of nitrogens with zero attached hydrogens (tertiary/aromatic N) is 4. The maximum absolute atomic E-state index is 6.17. The van der Waals surface area contributed by atoms with E-state index in [1.54, 1.807) is 26.5 Å². The maximum atomic E-state index is 6.17. The van der Waals surface area contributed by atoms with Gasteiger partial charge in [-0.1, -0.05) is 30.3 Å². The monoisotopic (exact) mass is 501 g/mol. The molecule has 3 heterocycles. The molecule has 0 aliphatic heterocycles. The Hall–Kier alpha value is -5.24. The molecule has 3 aromatic heterocycles. The summed E-state index contributed by atoms with van der Waals surface area (Å²) in [7, 11) is 3.23. The summed E-state index contributed by atoms with van der Waals surface area (Å²) in [6.07, 6.45) is 1.72. The number of rotatable bonds is 7. The van der Waals surface area contributed by atoms with E-state index in [-0.39, 0.29) is 0 Å². The van der Waals surface area contributed by atoms with E-state index in [0.29, 0.717) is 28.8 Å². The highest BCUT2D eigenvalue weighted by atomic mass is 16.5. The zero-order valence-corrected chi connectivity index (χ0v) is 20.8. The van der Waals surface area contributed by atoms with E-state index < -0.39 is 0 Å². The van der Waals surface area contributed by atoms with Crippen LogP contribution in [0.25, 0.3) is 33.1 Å². The highest BCUT2D eigenvalue weighted by Gasteiger charge is 2.13. The Balaban J connectivity index is 1.26. The lowest BCUT2D eigenvalue weighted by molar-refractivity contribution is 0.398. The third kappa shape index (κ3) is 4.51. The summed E-state index contributed by atoms with van der Waals surface area (Å²) in [5, 5.41) is 15.1. The molecule has 6 aromatic rings. The molecule has 8 nitrogen and oxygen atoms in total. The normalized spacial score (nSPS) is 10.9. The lowest BCUT2D eigenvalue weighted by atomic mass is 10.1. The van der Waals surface area contributed by atoms with Crippen molar-refractivity contribution in [3.8, 4) is 34.5 Å². The van der Waals surface area contributed by atoms with E-state index in [1.165, 1.54) is 0 Å². The molecule has 0 fully saturated rings. The van der Waals surface area contributed by atoms with Crippen LogP contribution < -0.4 is 19.5 Å². The van der Waals surface area contributed by atoms with E-state index in [2.05, 4.69) is 25.5 Å². The number of hydrogen-bond donors (Lipinski definition) is 1. The van der Waals surface area contributed by atoms with Gasteiger partial charge < -0.3 is 19.5 Å². The zero-order valence-electron chi connectivity index (χ0n) is 20.8. The number of hydrogen-bond acceptors (Lipinski definition) is 8. The van der Waals surface area contributed by atoms with Gasteiger partial charge in [-0.2, -0.15) is 0 Å².